The standard InChI is InChI=1S/C55H52O14/c1-59-54-49(68-52(58)40-28-16-6-17-29-40)47(67-51(57)39-26-14-5-15-27-39)45(66-50(56)38-24-12-4-13-25-38)43(64-54)35-63-55-48(61-33-37-22-10-3-11-23-37)46(60-32-36-20-8-2-9-21-36)44-42(65-55)34-62-53(69-44)41-30-18-7-19-31-41/h2-31,42-49,53-55H,32-35H2,1H3/t42-,43-,44-,45-,46+,47+,48-,49+,53?,54+,55-/m1/s1. The maximum atomic E-state index is 14.1. The van der Waals surface area contributed by atoms with Crippen molar-refractivity contribution in [2.45, 2.75) is 80.9 Å². The van der Waals surface area contributed by atoms with E-state index in [1.807, 2.05) is 91.0 Å². The second-order valence-electron chi connectivity index (χ2n) is 16.6. The predicted octanol–water partition coefficient (Wildman–Crippen LogP) is 8.06. The van der Waals surface area contributed by atoms with Gasteiger partial charge in [0.25, 0.3) is 0 Å². The third-order valence-corrected chi connectivity index (χ3v) is 11.9. The minimum Gasteiger partial charge on any atom is -0.452 e. The summed E-state index contributed by atoms with van der Waals surface area (Å²) in [7, 11) is 1.36. The lowest BCUT2D eigenvalue weighted by atomic mass is 9.96. The molecule has 3 fully saturated rings. The van der Waals surface area contributed by atoms with Crippen molar-refractivity contribution in [1.82, 2.24) is 0 Å². The van der Waals surface area contributed by atoms with Crippen LogP contribution in [0, 0.1) is 0 Å². The zero-order valence-corrected chi connectivity index (χ0v) is 37.7. The quantitative estimate of drug-likeness (QED) is 0.0640. The van der Waals surface area contributed by atoms with Crippen LogP contribution in [0.15, 0.2) is 182 Å². The fourth-order valence-electron chi connectivity index (χ4n) is 8.45. The molecule has 0 bridgehead atoms. The molecule has 6 aromatic carbocycles. The van der Waals surface area contributed by atoms with Gasteiger partial charge in [0.2, 0.25) is 0 Å². The Kier molecular flexibility index (Phi) is 15.9. The van der Waals surface area contributed by atoms with Gasteiger partial charge in [-0.1, -0.05) is 146 Å². The Bertz CT molecular complexity index is 2540. The zero-order chi connectivity index (χ0) is 47.4. The minimum atomic E-state index is -1.50. The molecule has 0 amide bonds. The lowest BCUT2D eigenvalue weighted by Gasteiger charge is -2.49. The van der Waals surface area contributed by atoms with Crippen LogP contribution in [0.2, 0.25) is 0 Å². The molecule has 0 aliphatic carbocycles. The Morgan fingerprint density at radius 1 is 0.464 bits per heavy atom. The van der Waals surface area contributed by atoms with E-state index in [9.17, 15) is 14.4 Å². The van der Waals surface area contributed by atoms with E-state index in [4.69, 9.17) is 52.1 Å². The number of fused-ring (bicyclic) bond motifs is 1. The molecule has 0 radical (unpaired) electrons. The summed E-state index contributed by atoms with van der Waals surface area (Å²) in [6.45, 7) is 0.141. The topological polar surface area (TPSA) is 153 Å². The van der Waals surface area contributed by atoms with Crippen molar-refractivity contribution in [3.8, 4) is 0 Å². The van der Waals surface area contributed by atoms with Gasteiger partial charge in [-0.05, 0) is 47.5 Å². The number of hydrogen-bond donors (Lipinski definition) is 0. The number of benzene rings is 6. The highest BCUT2D eigenvalue weighted by Crippen LogP contribution is 2.38. The van der Waals surface area contributed by atoms with Gasteiger partial charge in [0.05, 0.1) is 43.1 Å². The van der Waals surface area contributed by atoms with Gasteiger partial charge < -0.3 is 52.1 Å². The molecule has 69 heavy (non-hydrogen) atoms. The van der Waals surface area contributed by atoms with Crippen LogP contribution < -0.4 is 0 Å². The number of carbonyl (C=O) groups is 3. The minimum absolute atomic E-state index is 0.121. The first-order valence-electron chi connectivity index (χ1n) is 22.8. The molecule has 0 spiro atoms. The van der Waals surface area contributed by atoms with Gasteiger partial charge >= 0.3 is 17.9 Å². The Morgan fingerprint density at radius 2 is 0.913 bits per heavy atom. The largest absolute Gasteiger partial charge is 0.452 e. The van der Waals surface area contributed by atoms with E-state index >= 15 is 0 Å². The van der Waals surface area contributed by atoms with Crippen molar-refractivity contribution >= 4 is 17.9 Å². The SMILES string of the molecule is CO[C@H]1O[C@H](CO[C@@H]2O[C@@H]3COC(c4ccccc4)O[C@H]3[C@H](OCc3ccccc3)[C@H]2OCc2ccccc2)[C@@H](OC(=O)c2ccccc2)[C@H](OC(=O)c2ccccc2)[C@@H]1OC(=O)c1ccccc1. The van der Waals surface area contributed by atoms with Crippen molar-refractivity contribution in [2.75, 3.05) is 20.3 Å². The summed E-state index contributed by atoms with van der Waals surface area (Å²) >= 11 is 0. The summed E-state index contributed by atoms with van der Waals surface area (Å²) in [4.78, 5) is 41.8. The van der Waals surface area contributed by atoms with E-state index in [1.165, 1.54) is 7.11 Å². The maximum Gasteiger partial charge on any atom is 0.338 e. The molecule has 9 rings (SSSR count). The van der Waals surface area contributed by atoms with Crippen LogP contribution in [0.25, 0.3) is 0 Å². The molecule has 1 unspecified atom stereocenters. The van der Waals surface area contributed by atoms with Crippen LogP contribution in [0.3, 0.4) is 0 Å². The Hall–Kier alpha value is -6.59. The van der Waals surface area contributed by atoms with Crippen molar-refractivity contribution in [1.29, 1.82) is 0 Å². The fraction of sp³-hybridized carbons (Fsp3) is 0.291. The molecule has 0 N–H and O–H groups in total. The van der Waals surface area contributed by atoms with E-state index in [1.54, 1.807) is 91.0 Å². The third kappa shape index (κ3) is 11.8. The highest BCUT2D eigenvalue weighted by atomic mass is 16.8. The number of ether oxygens (including phenoxy) is 11. The number of methoxy groups -OCH3 is 1. The third-order valence-electron chi connectivity index (χ3n) is 11.9. The molecule has 3 aliphatic rings. The van der Waals surface area contributed by atoms with Crippen molar-refractivity contribution in [3.63, 3.8) is 0 Å². The lowest BCUT2D eigenvalue weighted by Crippen LogP contribution is -2.65. The molecular formula is C55H52O14. The van der Waals surface area contributed by atoms with Gasteiger partial charge in [-0.25, -0.2) is 14.4 Å². The molecule has 11 atom stereocenters. The Labute approximate surface area is 399 Å². The highest BCUT2D eigenvalue weighted by molar-refractivity contribution is 5.91. The summed E-state index contributed by atoms with van der Waals surface area (Å²) in [5.41, 5.74) is 3.26. The van der Waals surface area contributed by atoms with Crippen LogP contribution in [0.5, 0.6) is 0 Å². The molecule has 0 saturated carbocycles. The maximum absolute atomic E-state index is 14.1. The summed E-state index contributed by atoms with van der Waals surface area (Å²) in [6, 6.07) is 53.9. The summed E-state index contributed by atoms with van der Waals surface area (Å²) in [6.07, 6.45) is -11.9. The molecule has 14 heteroatoms. The first-order valence-corrected chi connectivity index (χ1v) is 22.8. The molecule has 3 saturated heterocycles. The van der Waals surface area contributed by atoms with Crippen LogP contribution in [-0.4, -0.2) is 99.6 Å². The zero-order valence-electron chi connectivity index (χ0n) is 37.7. The van der Waals surface area contributed by atoms with Crippen LogP contribution in [-0.2, 0) is 65.3 Å². The Morgan fingerprint density at radius 3 is 1.42 bits per heavy atom. The normalized spacial score (nSPS) is 26.5. The molecule has 14 nitrogen and oxygen atoms in total. The van der Waals surface area contributed by atoms with Gasteiger partial charge in [-0.15, -0.1) is 0 Å². The molecule has 3 heterocycles. The van der Waals surface area contributed by atoms with Crippen LogP contribution in [0.4, 0.5) is 0 Å². The summed E-state index contributed by atoms with van der Waals surface area (Å²) in [5.74, 6) is -2.30. The molecule has 356 valence electrons. The van der Waals surface area contributed by atoms with Crippen molar-refractivity contribution < 1.29 is 66.5 Å². The van der Waals surface area contributed by atoms with Crippen LogP contribution >= 0.6 is 0 Å². The van der Waals surface area contributed by atoms with Crippen molar-refractivity contribution in [3.05, 3.63) is 215 Å². The van der Waals surface area contributed by atoms with E-state index in [0.29, 0.717) is 0 Å². The smallest absolute Gasteiger partial charge is 0.338 e. The summed E-state index contributed by atoms with van der Waals surface area (Å²) < 4.78 is 70.9. The van der Waals surface area contributed by atoms with Gasteiger partial charge in [0.1, 0.15) is 30.5 Å². The Balaban J connectivity index is 1.05. The predicted molar refractivity (Wildman–Crippen MR) is 247 cm³/mol. The lowest BCUT2D eigenvalue weighted by molar-refractivity contribution is -0.377. The monoisotopic (exact) mass is 936 g/mol. The number of rotatable bonds is 17. The summed E-state index contributed by atoms with van der Waals surface area (Å²) in [5, 5.41) is 0. The molecular weight excluding hydrogens is 885 g/mol. The molecule has 3 aliphatic heterocycles. The highest BCUT2D eigenvalue weighted by Gasteiger charge is 2.55. The number of carbonyl (C=O) groups excluding carboxylic acids is 3. The van der Waals surface area contributed by atoms with Crippen molar-refractivity contribution in [2.24, 2.45) is 0 Å². The average molecular weight is 937 g/mol. The second kappa shape index (κ2) is 23.1. The number of esters is 3. The van der Waals surface area contributed by atoms with E-state index in [0.717, 1.165) is 16.7 Å². The molecule has 0 aromatic heterocycles. The van der Waals surface area contributed by atoms with Gasteiger partial charge in [-0.3, -0.25) is 0 Å². The first-order chi connectivity index (χ1) is 33.9. The van der Waals surface area contributed by atoms with E-state index < -0.39 is 85.6 Å². The van der Waals surface area contributed by atoms with Gasteiger partial charge in [0.15, 0.2) is 37.2 Å². The van der Waals surface area contributed by atoms with Gasteiger partial charge in [-0.2, -0.15) is 0 Å². The molecule has 6 aromatic rings. The van der Waals surface area contributed by atoms with Crippen LogP contribution in [0.1, 0.15) is 54.1 Å². The van der Waals surface area contributed by atoms with E-state index in [-0.39, 0.29) is 43.1 Å². The van der Waals surface area contributed by atoms with E-state index in [2.05, 4.69) is 0 Å². The first kappa shape index (κ1) is 47.5. The van der Waals surface area contributed by atoms with Gasteiger partial charge in [0, 0.05) is 12.7 Å². The second-order valence-corrected chi connectivity index (χ2v) is 16.6. The average Bonchev–Trinajstić information content (AvgIpc) is 3.41. The fourth-order valence-corrected chi connectivity index (χ4v) is 8.45. The number of hydrogen-bond acceptors (Lipinski definition) is 14.